The highest BCUT2D eigenvalue weighted by atomic mass is 15.2. The van der Waals surface area contributed by atoms with Gasteiger partial charge in [-0.15, -0.1) is 0 Å². The predicted octanol–water partition coefficient (Wildman–Crippen LogP) is 13.0. The van der Waals surface area contributed by atoms with E-state index in [2.05, 4.69) is 216 Å². The van der Waals surface area contributed by atoms with Gasteiger partial charge in [-0.05, 0) is 95.1 Å². The molecule has 0 radical (unpaired) electrons. The second kappa shape index (κ2) is 14.8. The molecule has 0 amide bonds. The molecule has 0 saturated heterocycles. The Labute approximate surface area is 283 Å². The molecule has 0 bridgehead atoms. The smallest absolute Gasteiger partial charge is 0.0463 e. The second-order valence-corrected chi connectivity index (χ2v) is 11.5. The van der Waals surface area contributed by atoms with E-state index in [9.17, 15) is 0 Å². The van der Waals surface area contributed by atoms with Crippen molar-refractivity contribution in [2.75, 3.05) is 9.80 Å². The van der Waals surface area contributed by atoms with Crippen molar-refractivity contribution in [2.45, 2.75) is 0 Å². The molecule has 0 aromatic heterocycles. The van der Waals surface area contributed by atoms with E-state index in [4.69, 9.17) is 0 Å². The van der Waals surface area contributed by atoms with E-state index < -0.39 is 0 Å². The third-order valence-corrected chi connectivity index (χ3v) is 8.23. The molecule has 0 unspecified atom stereocenters. The number of nitrogens with zero attached hydrogens (tertiary/aromatic N) is 2. The van der Waals surface area contributed by atoms with Gasteiger partial charge in [0.2, 0.25) is 0 Å². The minimum Gasteiger partial charge on any atom is -0.311 e. The van der Waals surface area contributed by atoms with Crippen LogP contribution in [0.1, 0.15) is 22.3 Å². The summed E-state index contributed by atoms with van der Waals surface area (Å²) in [5, 5.41) is 0. The van der Waals surface area contributed by atoms with Gasteiger partial charge in [0.25, 0.3) is 0 Å². The van der Waals surface area contributed by atoms with Gasteiger partial charge >= 0.3 is 0 Å². The maximum atomic E-state index is 2.30. The van der Waals surface area contributed by atoms with Crippen LogP contribution in [0.4, 0.5) is 34.1 Å². The third kappa shape index (κ3) is 7.36. The van der Waals surface area contributed by atoms with Crippen molar-refractivity contribution >= 4 is 58.4 Å². The Kier molecular flexibility index (Phi) is 9.34. The predicted molar refractivity (Wildman–Crippen MR) is 207 cm³/mol. The molecule has 0 atom stereocenters. The first-order valence-electron chi connectivity index (χ1n) is 16.3. The standard InChI is InChI=1S/C46H36N2/c1-5-13-37(14-6-1)21-23-39-25-29-43(30-26-39)47(41-17-9-3-10-18-41)45-33-35-46(36-34-45)48(42-19-11-4-12-20-42)44-31-27-40(28-32-44)24-22-38-15-7-2-8-16-38/h1-36H/b23-21+,24-22+. The maximum absolute atomic E-state index is 2.30. The number of para-hydroxylation sites is 2. The topological polar surface area (TPSA) is 6.48 Å². The summed E-state index contributed by atoms with van der Waals surface area (Å²) >= 11 is 0. The van der Waals surface area contributed by atoms with Crippen LogP contribution in [0.2, 0.25) is 0 Å². The van der Waals surface area contributed by atoms with Crippen molar-refractivity contribution in [3.63, 3.8) is 0 Å². The maximum Gasteiger partial charge on any atom is 0.0463 e. The lowest BCUT2D eigenvalue weighted by molar-refractivity contribution is 1.25. The molecule has 230 valence electrons. The molecule has 0 N–H and O–H groups in total. The van der Waals surface area contributed by atoms with E-state index in [-0.39, 0.29) is 0 Å². The van der Waals surface area contributed by atoms with E-state index in [0.29, 0.717) is 0 Å². The molecule has 0 saturated carbocycles. The fraction of sp³-hybridized carbons (Fsp3) is 0. The van der Waals surface area contributed by atoms with Crippen LogP contribution in [0.5, 0.6) is 0 Å². The van der Waals surface area contributed by atoms with E-state index >= 15 is 0 Å². The largest absolute Gasteiger partial charge is 0.311 e. The van der Waals surface area contributed by atoms with E-state index in [0.717, 1.165) is 45.3 Å². The van der Waals surface area contributed by atoms with Crippen LogP contribution in [0.3, 0.4) is 0 Å². The average molecular weight is 617 g/mol. The minimum atomic E-state index is 1.09. The first-order chi connectivity index (χ1) is 23.8. The van der Waals surface area contributed by atoms with Crippen molar-refractivity contribution < 1.29 is 0 Å². The second-order valence-electron chi connectivity index (χ2n) is 11.5. The van der Waals surface area contributed by atoms with Crippen molar-refractivity contribution in [1.29, 1.82) is 0 Å². The zero-order valence-corrected chi connectivity index (χ0v) is 26.7. The number of benzene rings is 7. The Balaban J connectivity index is 1.18. The van der Waals surface area contributed by atoms with E-state index in [1.807, 2.05) is 12.1 Å². The van der Waals surface area contributed by atoms with Crippen LogP contribution >= 0.6 is 0 Å². The zero-order valence-electron chi connectivity index (χ0n) is 26.7. The van der Waals surface area contributed by atoms with Gasteiger partial charge in [-0.2, -0.15) is 0 Å². The molecule has 2 nitrogen and oxygen atoms in total. The number of hydrogen-bond acceptors (Lipinski definition) is 2. The van der Waals surface area contributed by atoms with Crippen LogP contribution in [0.25, 0.3) is 24.3 Å². The van der Waals surface area contributed by atoms with Gasteiger partial charge in [0.15, 0.2) is 0 Å². The van der Waals surface area contributed by atoms with Gasteiger partial charge < -0.3 is 9.80 Å². The molecule has 0 aliphatic rings. The molecule has 7 aromatic carbocycles. The Morgan fingerprint density at radius 3 is 0.708 bits per heavy atom. The fourth-order valence-corrected chi connectivity index (χ4v) is 5.78. The quantitative estimate of drug-likeness (QED) is 0.141. The molecular formula is C46H36N2. The Hall–Kier alpha value is -6.38. The van der Waals surface area contributed by atoms with Gasteiger partial charge in [0.05, 0.1) is 0 Å². The lowest BCUT2D eigenvalue weighted by atomic mass is 10.1. The van der Waals surface area contributed by atoms with Crippen LogP contribution < -0.4 is 9.80 Å². The van der Waals surface area contributed by atoms with Crippen molar-refractivity contribution in [2.24, 2.45) is 0 Å². The Morgan fingerprint density at radius 2 is 0.417 bits per heavy atom. The highest BCUT2D eigenvalue weighted by molar-refractivity contribution is 5.82. The van der Waals surface area contributed by atoms with Gasteiger partial charge in [-0.1, -0.05) is 146 Å². The Bertz CT molecular complexity index is 1910. The van der Waals surface area contributed by atoms with Crippen LogP contribution in [0, 0.1) is 0 Å². The normalized spacial score (nSPS) is 11.2. The lowest BCUT2D eigenvalue weighted by Crippen LogP contribution is -2.12. The van der Waals surface area contributed by atoms with Crippen LogP contribution in [-0.4, -0.2) is 0 Å². The summed E-state index contributed by atoms with van der Waals surface area (Å²) in [6, 6.07) is 68.2. The molecule has 48 heavy (non-hydrogen) atoms. The molecule has 0 aliphatic heterocycles. The molecule has 7 aromatic rings. The SMILES string of the molecule is C(=C\c1ccc(N(c2ccccc2)c2ccc(N(c3ccccc3)c3ccc(/C=C/c4ccccc4)cc3)cc2)cc1)/c1ccccc1. The summed E-state index contributed by atoms with van der Waals surface area (Å²) in [4.78, 5) is 4.60. The first kappa shape index (κ1) is 30.3. The fourth-order valence-electron chi connectivity index (χ4n) is 5.78. The van der Waals surface area contributed by atoms with Crippen LogP contribution in [-0.2, 0) is 0 Å². The first-order valence-corrected chi connectivity index (χ1v) is 16.3. The molecule has 0 fully saturated rings. The molecular weight excluding hydrogens is 581 g/mol. The van der Waals surface area contributed by atoms with Gasteiger partial charge in [0, 0.05) is 34.1 Å². The summed E-state index contributed by atoms with van der Waals surface area (Å²) < 4.78 is 0. The van der Waals surface area contributed by atoms with Gasteiger partial charge in [-0.3, -0.25) is 0 Å². The average Bonchev–Trinajstić information content (AvgIpc) is 3.17. The summed E-state index contributed by atoms with van der Waals surface area (Å²) in [7, 11) is 0. The number of rotatable bonds is 10. The Morgan fingerprint density at radius 1 is 0.208 bits per heavy atom. The molecule has 0 heterocycles. The molecule has 0 spiro atoms. The summed E-state index contributed by atoms with van der Waals surface area (Å²) in [5.74, 6) is 0. The van der Waals surface area contributed by atoms with Crippen LogP contribution in [0.15, 0.2) is 194 Å². The van der Waals surface area contributed by atoms with E-state index in [1.54, 1.807) is 0 Å². The highest BCUT2D eigenvalue weighted by Crippen LogP contribution is 2.39. The van der Waals surface area contributed by atoms with E-state index in [1.165, 1.54) is 11.1 Å². The van der Waals surface area contributed by atoms with Crippen molar-refractivity contribution in [1.82, 2.24) is 0 Å². The summed E-state index contributed by atoms with van der Waals surface area (Å²) in [6.45, 7) is 0. The highest BCUT2D eigenvalue weighted by Gasteiger charge is 2.15. The number of anilines is 6. The summed E-state index contributed by atoms with van der Waals surface area (Å²) in [5.41, 5.74) is 11.3. The lowest BCUT2D eigenvalue weighted by Gasteiger charge is -2.28. The van der Waals surface area contributed by atoms with Crippen molar-refractivity contribution in [3.8, 4) is 0 Å². The number of hydrogen-bond donors (Lipinski definition) is 0. The molecule has 2 heteroatoms. The minimum absolute atomic E-state index is 1.09. The zero-order chi connectivity index (χ0) is 32.4. The van der Waals surface area contributed by atoms with Gasteiger partial charge in [-0.25, -0.2) is 0 Å². The molecule has 7 rings (SSSR count). The summed E-state index contributed by atoms with van der Waals surface area (Å²) in [6.07, 6.45) is 8.61. The van der Waals surface area contributed by atoms with Gasteiger partial charge in [0.1, 0.15) is 0 Å². The molecule has 0 aliphatic carbocycles. The third-order valence-electron chi connectivity index (χ3n) is 8.23. The monoisotopic (exact) mass is 616 g/mol. The van der Waals surface area contributed by atoms with Crippen molar-refractivity contribution in [3.05, 3.63) is 216 Å².